The van der Waals surface area contributed by atoms with Crippen molar-refractivity contribution in [3.8, 4) is 11.5 Å². The lowest BCUT2D eigenvalue weighted by Gasteiger charge is -2.15. The van der Waals surface area contributed by atoms with Crippen LogP contribution >= 0.6 is 0 Å². The molecule has 2 rings (SSSR count). The van der Waals surface area contributed by atoms with Crippen molar-refractivity contribution in [2.45, 2.75) is 20.0 Å². The third-order valence-electron chi connectivity index (χ3n) is 2.95. The van der Waals surface area contributed by atoms with Gasteiger partial charge in [-0.05, 0) is 37.6 Å². The van der Waals surface area contributed by atoms with Crippen LogP contribution in [0.4, 0.5) is 4.79 Å². The number of imide groups is 1. The van der Waals surface area contributed by atoms with Crippen LogP contribution in [-0.2, 0) is 9.59 Å². The van der Waals surface area contributed by atoms with E-state index in [2.05, 4.69) is 10.6 Å². The zero-order valence-corrected chi connectivity index (χ0v) is 12.6. The van der Waals surface area contributed by atoms with Crippen molar-refractivity contribution >= 4 is 24.0 Å². The van der Waals surface area contributed by atoms with Gasteiger partial charge in [0.1, 0.15) is 5.70 Å². The van der Waals surface area contributed by atoms with E-state index in [0.717, 1.165) is 0 Å². The molecule has 3 amide bonds. The minimum absolute atomic E-state index is 0.116. The molecule has 1 heterocycles. The molecule has 122 valence electrons. The Bertz CT molecular complexity index is 683. The second kappa shape index (κ2) is 6.82. The van der Waals surface area contributed by atoms with Crippen LogP contribution in [0.25, 0.3) is 6.08 Å². The maximum Gasteiger partial charge on any atom is 0.344 e. The van der Waals surface area contributed by atoms with E-state index in [1.807, 2.05) is 0 Å². The molecule has 0 bridgehead atoms. The average molecular weight is 320 g/mol. The number of ether oxygens (including phenoxy) is 2. The third kappa shape index (κ3) is 4.00. The number of benzene rings is 1. The Kier molecular flexibility index (Phi) is 4.85. The van der Waals surface area contributed by atoms with Gasteiger partial charge in [0.05, 0.1) is 6.61 Å². The number of rotatable bonds is 6. The molecule has 1 saturated heterocycles. The topological polar surface area (TPSA) is 114 Å². The lowest BCUT2D eigenvalue weighted by Crippen LogP contribution is -2.23. The molecule has 0 spiro atoms. The van der Waals surface area contributed by atoms with Crippen molar-refractivity contribution < 1.29 is 29.0 Å². The number of carbonyl (C=O) groups is 3. The van der Waals surface area contributed by atoms with Crippen LogP contribution < -0.4 is 20.1 Å². The summed E-state index contributed by atoms with van der Waals surface area (Å²) in [6.45, 7) is 3.54. The van der Waals surface area contributed by atoms with E-state index >= 15 is 0 Å². The number of amides is 3. The Morgan fingerprint density at radius 3 is 2.61 bits per heavy atom. The van der Waals surface area contributed by atoms with Crippen molar-refractivity contribution in [3.05, 3.63) is 29.5 Å². The predicted octanol–water partition coefficient (Wildman–Crippen LogP) is 1.12. The van der Waals surface area contributed by atoms with Gasteiger partial charge in [-0.3, -0.25) is 10.1 Å². The van der Waals surface area contributed by atoms with E-state index in [9.17, 15) is 14.4 Å². The quantitative estimate of drug-likeness (QED) is 0.534. The number of nitrogens with one attached hydrogen (secondary N) is 2. The molecule has 3 N–H and O–H groups in total. The number of hydrogen-bond acceptors (Lipinski definition) is 5. The molecule has 0 aromatic heterocycles. The minimum atomic E-state index is -1.09. The molecular formula is C15H16N2O6. The Morgan fingerprint density at radius 1 is 1.30 bits per heavy atom. The van der Waals surface area contributed by atoms with Crippen molar-refractivity contribution in [2.24, 2.45) is 0 Å². The molecule has 8 heteroatoms. The Labute approximate surface area is 132 Å². The molecule has 1 fully saturated rings. The number of hydrogen-bond donors (Lipinski definition) is 3. The lowest BCUT2D eigenvalue weighted by molar-refractivity contribution is -0.144. The maximum absolute atomic E-state index is 11.5. The highest BCUT2D eigenvalue weighted by Crippen LogP contribution is 2.30. The largest absolute Gasteiger partial charge is 0.490 e. The number of urea groups is 1. The second-order valence-corrected chi connectivity index (χ2v) is 4.70. The standard InChI is InChI=1S/C15H16N2O6/c1-3-22-12-7-9(6-10-13(18)17-15(21)16-10)4-5-11(12)23-8(2)14(19)20/h4-8H,3H2,1-2H3,(H,19,20)(H2,16,17,18,21)/b10-6+/t8-/m1/s1. The van der Waals surface area contributed by atoms with Crippen molar-refractivity contribution in [2.75, 3.05) is 6.61 Å². The molecule has 1 aromatic rings. The lowest BCUT2D eigenvalue weighted by atomic mass is 10.1. The first kappa shape index (κ1) is 16.3. The Balaban J connectivity index is 2.28. The van der Waals surface area contributed by atoms with Gasteiger partial charge in [-0.1, -0.05) is 6.07 Å². The zero-order chi connectivity index (χ0) is 17.0. The van der Waals surface area contributed by atoms with Gasteiger partial charge >= 0.3 is 12.0 Å². The van der Waals surface area contributed by atoms with E-state index in [4.69, 9.17) is 14.6 Å². The SMILES string of the molecule is CCOc1cc(/C=C2/NC(=O)NC2=O)ccc1O[C@H](C)C(=O)O. The van der Waals surface area contributed by atoms with Crippen LogP contribution in [0.15, 0.2) is 23.9 Å². The molecule has 0 unspecified atom stereocenters. The number of carboxylic acid groups (broad SMARTS) is 1. The number of carboxylic acids is 1. The van der Waals surface area contributed by atoms with Crippen LogP contribution in [0.2, 0.25) is 0 Å². The van der Waals surface area contributed by atoms with Crippen LogP contribution in [0.5, 0.6) is 11.5 Å². The van der Waals surface area contributed by atoms with Crippen LogP contribution in [0.3, 0.4) is 0 Å². The molecule has 23 heavy (non-hydrogen) atoms. The molecule has 1 aliphatic heterocycles. The van der Waals surface area contributed by atoms with Gasteiger partial charge in [0.25, 0.3) is 5.91 Å². The van der Waals surface area contributed by atoms with E-state index in [1.54, 1.807) is 25.1 Å². The first-order valence-electron chi connectivity index (χ1n) is 6.91. The monoisotopic (exact) mass is 320 g/mol. The molecule has 1 atom stereocenters. The van der Waals surface area contributed by atoms with Gasteiger partial charge in [-0.2, -0.15) is 0 Å². The molecule has 0 radical (unpaired) electrons. The summed E-state index contributed by atoms with van der Waals surface area (Å²) in [7, 11) is 0. The molecule has 8 nitrogen and oxygen atoms in total. The summed E-state index contributed by atoms with van der Waals surface area (Å²) in [6.07, 6.45) is 0.450. The maximum atomic E-state index is 11.5. The van der Waals surface area contributed by atoms with E-state index in [0.29, 0.717) is 17.9 Å². The normalized spacial score (nSPS) is 16.7. The zero-order valence-electron chi connectivity index (χ0n) is 12.6. The average Bonchev–Trinajstić information content (AvgIpc) is 2.79. The van der Waals surface area contributed by atoms with E-state index < -0.39 is 24.0 Å². The molecule has 1 aromatic carbocycles. The Morgan fingerprint density at radius 2 is 2.04 bits per heavy atom. The second-order valence-electron chi connectivity index (χ2n) is 4.70. The fraction of sp³-hybridized carbons (Fsp3) is 0.267. The number of carbonyl (C=O) groups excluding carboxylic acids is 2. The van der Waals surface area contributed by atoms with E-state index in [-0.39, 0.29) is 11.4 Å². The first-order valence-corrected chi connectivity index (χ1v) is 6.91. The van der Waals surface area contributed by atoms with Gasteiger partial charge in [0.2, 0.25) is 0 Å². The van der Waals surface area contributed by atoms with Crippen molar-refractivity contribution in [1.82, 2.24) is 10.6 Å². The predicted molar refractivity (Wildman–Crippen MR) is 80.0 cm³/mol. The summed E-state index contributed by atoms with van der Waals surface area (Å²) in [5.41, 5.74) is 0.709. The van der Waals surface area contributed by atoms with Crippen molar-refractivity contribution in [1.29, 1.82) is 0 Å². The fourth-order valence-corrected chi connectivity index (χ4v) is 1.87. The summed E-state index contributed by atoms with van der Waals surface area (Å²) in [5, 5.41) is 13.4. The van der Waals surface area contributed by atoms with Gasteiger partial charge in [0, 0.05) is 0 Å². The molecule has 1 aliphatic rings. The van der Waals surface area contributed by atoms with Gasteiger partial charge < -0.3 is 19.9 Å². The van der Waals surface area contributed by atoms with Gasteiger partial charge in [-0.15, -0.1) is 0 Å². The summed E-state index contributed by atoms with van der Waals surface area (Å²) in [5.74, 6) is -0.986. The van der Waals surface area contributed by atoms with E-state index in [1.165, 1.54) is 13.0 Å². The highest BCUT2D eigenvalue weighted by atomic mass is 16.5. The smallest absolute Gasteiger partial charge is 0.344 e. The Hall–Kier alpha value is -3.03. The molecular weight excluding hydrogens is 304 g/mol. The summed E-state index contributed by atoms with van der Waals surface area (Å²) < 4.78 is 10.8. The number of aliphatic carboxylic acids is 1. The van der Waals surface area contributed by atoms with Gasteiger partial charge in [-0.25, -0.2) is 9.59 Å². The molecule has 0 saturated carbocycles. The summed E-state index contributed by atoms with van der Waals surface area (Å²) in [6, 6.07) is 4.18. The molecule has 0 aliphatic carbocycles. The summed E-state index contributed by atoms with van der Waals surface area (Å²) >= 11 is 0. The van der Waals surface area contributed by atoms with Crippen LogP contribution in [0, 0.1) is 0 Å². The van der Waals surface area contributed by atoms with Gasteiger partial charge in [0.15, 0.2) is 17.6 Å². The highest BCUT2D eigenvalue weighted by Gasteiger charge is 2.23. The third-order valence-corrected chi connectivity index (χ3v) is 2.95. The first-order chi connectivity index (χ1) is 10.9. The van der Waals surface area contributed by atoms with Crippen LogP contribution in [-0.4, -0.2) is 35.7 Å². The fourth-order valence-electron chi connectivity index (χ4n) is 1.87. The summed E-state index contributed by atoms with van der Waals surface area (Å²) in [4.78, 5) is 33.5. The minimum Gasteiger partial charge on any atom is -0.490 e. The van der Waals surface area contributed by atoms with Crippen molar-refractivity contribution in [3.63, 3.8) is 0 Å². The highest BCUT2D eigenvalue weighted by molar-refractivity contribution is 6.14. The van der Waals surface area contributed by atoms with Crippen LogP contribution in [0.1, 0.15) is 19.4 Å².